The van der Waals surface area contributed by atoms with Gasteiger partial charge in [-0.05, 0) is 26.2 Å². The summed E-state index contributed by atoms with van der Waals surface area (Å²) < 4.78 is 5.41. The number of amides is 3. The highest BCUT2D eigenvalue weighted by molar-refractivity contribution is 5.78. The molecule has 0 aliphatic carbocycles. The zero-order chi connectivity index (χ0) is 19.0. The Hall–Kier alpha value is -1.99. The third kappa shape index (κ3) is 4.99. The van der Waals surface area contributed by atoms with Crippen molar-refractivity contribution in [1.29, 1.82) is 0 Å². The highest BCUT2D eigenvalue weighted by Gasteiger charge is 2.43. The van der Waals surface area contributed by atoms with Gasteiger partial charge in [-0.25, -0.2) is 9.59 Å². The average Bonchev–Trinajstić information content (AvgIpc) is 2.70. The fraction of sp³-hybridized carbons (Fsp3) is 0.824. The Morgan fingerprint density at radius 1 is 1.16 bits per heavy atom. The second-order valence-electron chi connectivity index (χ2n) is 8.67. The van der Waals surface area contributed by atoms with Crippen LogP contribution in [0, 0.1) is 5.41 Å². The highest BCUT2D eigenvalue weighted by atomic mass is 16.6. The second-order valence-corrected chi connectivity index (χ2v) is 8.67. The molecule has 2 rings (SSSR count). The monoisotopic (exact) mass is 355 g/mol. The zero-order valence-electron chi connectivity index (χ0n) is 15.7. The molecule has 2 fully saturated rings. The molecule has 0 radical (unpaired) electrons. The molecule has 2 aliphatic heterocycles. The summed E-state index contributed by atoms with van der Waals surface area (Å²) in [6.45, 7) is 11.4. The van der Waals surface area contributed by atoms with Crippen LogP contribution in [-0.2, 0) is 9.53 Å². The molecule has 8 nitrogen and oxygen atoms in total. The Kier molecular flexibility index (Phi) is 5.20. The average molecular weight is 355 g/mol. The van der Waals surface area contributed by atoms with Gasteiger partial charge in [-0.2, -0.15) is 0 Å². The van der Waals surface area contributed by atoms with Crippen molar-refractivity contribution in [3.63, 3.8) is 0 Å². The fourth-order valence-electron chi connectivity index (χ4n) is 3.38. The fourth-order valence-corrected chi connectivity index (χ4v) is 3.38. The summed E-state index contributed by atoms with van der Waals surface area (Å²) in [5.41, 5.74) is -1.05. The number of urea groups is 1. The number of piperazine rings is 1. The summed E-state index contributed by atoms with van der Waals surface area (Å²) in [5.74, 6) is -0.870. The van der Waals surface area contributed by atoms with E-state index in [1.165, 1.54) is 0 Å². The Labute approximate surface area is 148 Å². The van der Waals surface area contributed by atoms with Crippen molar-refractivity contribution >= 4 is 18.1 Å². The lowest BCUT2D eigenvalue weighted by molar-refractivity contribution is -0.139. The minimum absolute atomic E-state index is 0.00544. The first-order valence-corrected chi connectivity index (χ1v) is 8.63. The number of fused-ring (bicyclic) bond motifs is 1. The van der Waals surface area contributed by atoms with E-state index in [1.54, 1.807) is 14.7 Å². The molecule has 0 saturated carbocycles. The van der Waals surface area contributed by atoms with E-state index in [9.17, 15) is 14.4 Å². The van der Waals surface area contributed by atoms with E-state index in [4.69, 9.17) is 9.84 Å². The quantitative estimate of drug-likeness (QED) is 0.831. The molecule has 0 aromatic heterocycles. The van der Waals surface area contributed by atoms with E-state index in [2.05, 4.69) is 0 Å². The Morgan fingerprint density at radius 2 is 1.80 bits per heavy atom. The first-order valence-electron chi connectivity index (χ1n) is 8.63. The van der Waals surface area contributed by atoms with Crippen molar-refractivity contribution in [1.82, 2.24) is 14.7 Å². The van der Waals surface area contributed by atoms with E-state index >= 15 is 0 Å². The van der Waals surface area contributed by atoms with E-state index in [0.717, 1.165) is 0 Å². The number of carbonyl (C=O) groups is 3. The number of nitrogens with zero attached hydrogens (tertiary/aromatic N) is 3. The highest BCUT2D eigenvalue weighted by Crippen LogP contribution is 2.28. The molecule has 0 spiro atoms. The number of carboxylic acid groups (broad SMARTS) is 1. The van der Waals surface area contributed by atoms with Crippen LogP contribution in [-0.4, -0.2) is 82.3 Å². The van der Waals surface area contributed by atoms with Gasteiger partial charge >= 0.3 is 18.1 Å². The van der Waals surface area contributed by atoms with Crippen LogP contribution in [0.25, 0.3) is 0 Å². The van der Waals surface area contributed by atoms with Crippen LogP contribution in [0.2, 0.25) is 0 Å². The molecule has 3 amide bonds. The van der Waals surface area contributed by atoms with Crippen LogP contribution in [0.5, 0.6) is 0 Å². The zero-order valence-corrected chi connectivity index (χ0v) is 15.7. The molecule has 2 saturated heterocycles. The van der Waals surface area contributed by atoms with Crippen molar-refractivity contribution < 1.29 is 24.2 Å². The molecule has 0 unspecified atom stereocenters. The van der Waals surface area contributed by atoms with Crippen molar-refractivity contribution in [2.45, 2.75) is 52.7 Å². The summed E-state index contributed by atoms with van der Waals surface area (Å²) in [7, 11) is 0. The number of ether oxygens (including phenoxy) is 1. The van der Waals surface area contributed by atoms with E-state index in [1.807, 2.05) is 34.6 Å². The first-order chi connectivity index (χ1) is 11.4. The molecule has 0 aromatic carbocycles. The molecule has 2 aliphatic rings. The number of rotatable bonds is 4. The molecule has 1 atom stereocenters. The van der Waals surface area contributed by atoms with Crippen LogP contribution >= 0.6 is 0 Å². The normalized spacial score (nSPS) is 21.4. The predicted molar refractivity (Wildman–Crippen MR) is 91.3 cm³/mol. The molecule has 2 heterocycles. The Morgan fingerprint density at radius 3 is 2.36 bits per heavy atom. The Balaban J connectivity index is 1.97. The second kappa shape index (κ2) is 6.72. The van der Waals surface area contributed by atoms with Gasteiger partial charge in [-0.1, -0.05) is 13.8 Å². The first kappa shape index (κ1) is 19.3. The van der Waals surface area contributed by atoms with Gasteiger partial charge in [0.1, 0.15) is 5.60 Å². The predicted octanol–water partition coefficient (Wildman–Crippen LogP) is 1.84. The van der Waals surface area contributed by atoms with Gasteiger partial charge in [0.05, 0.1) is 12.5 Å². The van der Waals surface area contributed by atoms with Crippen LogP contribution in [0.15, 0.2) is 0 Å². The summed E-state index contributed by atoms with van der Waals surface area (Å²) in [5, 5.41) is 9.01. The summed E-state index contributed by atoms with van der Waals surface area (Å²) >= 11 is 0. The molecule has 0 aromatic rings. The van der Waals surface area contributed by atoms with Crippen molar-refractivity contribution in [3.05, 3.63) is 0 Å². The molecule has 142 valence electrons. The van der Waals surface area contributed by atoms with E-state index in [-0.39, 0.29) is 24.6 Å². The van der Waals surface area contributed by atoms with Gasteiger partial charge in [0.2, 0.25) is 0 Å². The smallest absolute Gasteiger partial charge is 0.410 e. The number of carboxylic acids is 1. The molecule has 0 bridgehead atoms. The maximum atomic E-state index is 12.6. The summed E-state index contributed by atoms with van der Waals surface area (Å²) in [4.78, 5) is 40.9. The molecule has 8 heteroatoms. The molecule has 25 heavy (non-hydrogen) atoms. The maximum Gasteiger partial charge on any atom is 0.410 e. The maximum absolute atomic E-state index is 12.6. The van der Waals surface area contributed by atoms with E-state index in [0.29, 0.717) is 32.7 Å². The molecular formula is C17H29N3O5. The van der Waals surface area contributed by atoms with Gasteiger partial charge in [0.15, 0.2) is 0 Å². The summed E-state index contributed by atoms with van der Waals surface area (Å²) in [6, 6.07) is -0.151. The SMILES string of the molecule is CC(C)(CC(=O)O)CN1C[C@@H]2CN(C(=O)OC(C)(C)C)CCN2C1=O. The third-order valence-electron chi connectivity index (χ3n) is 4.33. The lowest BCUT2D eigenvalue weighted by atomic mass is 9.89. The van der Waals surface area contributed by atoms with Gasteiger partial charge in [-0.3, -0.25) is 4.79 Å². The number of aliphatic carboxylic acids is 1. The third-order valence-corrected chi connectivity index (χ3v) is 4.33. The van der Waals surface area contributed by atoms with Crippen molar-refractivity contribution in [2.75, 3.05) is 32.7 Å². The lowest BCUT2D eigenvalue weighted by Gasteiger charge is -2.37. The van der Waals surface area contributed by atoms with Crippen LogP contribution in [0.3, 0.4) is 0 Å². The molecular weight excluding hydrogens is 326 g/mol. The van der Waals surface area contributed by atoms with Crippen LogP contribution < -0.4 is 0 Å². The van der Waals surface area contributed by atoms with Crippen LogP contribution in [0.1, 0.15) is 41.0 Å². The van der Waals surface area contributed by atoms with Crippen LogP contribution in [0.4, 0.5) is 9.59 Å². The minimum atomic E-state index is -0.870. The van der Waals surface area contributed by atoms with Crippen molar-refractivity contribution in [2.24, 2.45) is 5.41 Å². The summed E-state index contributed by atoms with van der Waals surface area (Å²) in [6.07, 6.45) is -0.352. The minimum Gasteiger partial charge on any atom is -0.481 e. The van der Waals surface area contributed by atoms with Crippen molar-refractivity contribution in [3.8, 4) is 0 Å². The topological polar surface area (TPSA) is 90.4 Å². The van der Waals surface area contributed by atoms with E-state index < -0.39 is 17.0 Å². The number of hydrogen-bond donors (Lipinski definition) is 1. The number of hydrogen-bond acceptors (Lipinski definition) is 4. The van der Waals surface area contributed by atoms with Gasteiger partial charge in [0.25, 0.3) is 0 Å². The Bertz CT molecular complexity index is 555. The van der Waals surface area contributed by atoms with Gasteiger partial charge in [-0.15, -0.1) is 0 Å². The largest absolute Gasteiger partial charge is 0.481 e. The standard InChI is InChI=1S/C17H29N3O5/c1-16(2,3)25-15(24)18-6-7-20-12(9-18)10-19(14(20)23)11-17(4,5)8-13(21)22/h12H,6-11H2,1-5H3,(H,21,22)/t12-/m0/s1. The number of carbonyl (C=O) groups excluding carboxylic acids is 2. The van der Waals surface area contributed by atoms with Gasteiger partial charge in [0, 0.05) is 32.7 Å². The lowest BCUT2D eigenvalue weighted by Crippen LogP contribution is -2.54. The van der Waals surface area contributed by atoms with Gasteiger partial charge < -0.3 is 24.5 Å². The molecule has 1 N–H and O–H groups in total.